The highest BCUT2D eigenvalue weighted by molar-refractivity contribution is 5.92. The molecule has 0 aromatic heterocycles. The normalized spacial score (nSPS) is 30.1. The number of nitrogens with zero attached hydrogens (tertiary/aromatic N) is 2. The second-order valence-electron chi connectivity index (χ2n) is 11.3. The zero-order chi connectivity index (χ0) is 26.5. The van der Waals surface area contributed by atoms with Crippen molar-refractivity contribution in [2.75, 3.05) is 25.5 Å². The molecule has 4 unspecified atom stereocenters. The topological polar surface area (TPSA) is 87.1 Å². The van der Waals surface area contributed by atoms with Crippen molar-refractivity contribution in [3.8, 4) is 5.75 Å². The number of nitrogens with one attached hydrogen (secondary N) is 3. The van der Waals surface area contributed by atoms with Gasteiger partial charge in [-0.25, -0.2) is 0 Å². The summed E-state index contributed by atoms with van der Waals surface area (Å²) in [5.74, 6) is 2.66. The first-order valence-corrected chi connectivity index (χ1v) is 14.5. The average Bonchev–Trinajstić information content (AvgIpc) is 3.74. The van der Waals surface area contributed by atoms with Crippen LogP contribution in [0.3, 0.4) is 0 Å². The van der Waals surface area contributed by atoms with E-state index in [-0.39, 0.29) is 18.0 Å². The van der Waals surface area contributed by atoms with Crippen LogP contribution >= 0.6 is 0 Å². The summed E-state index contributed by atoms with van der Waals surface area (Å²) in [5.41, 5.74) is 6.25. The highest BCUT2D eigenvalue weighted by atomic mass is 16.5. The van der Waals surface area contributed by atoms with Crippen LogP contribution in [-0.2, 0) is 11.3 Å². The fraction of sp³-hybridized carbons (Fsp3) is 0.581. The molecule has 7 nitrogen and oxygen atoms in total. The monoisotopic (exact) mass is 517 g/mol. The maximum atomic E-state index is 12.8. The largest absolute Gasteiger partial charge is 0.496 e. The van der Waals surface area contributed by atoms with Crippen LogP contribution in [0.2, 0.25) is 0 Å². The van der Waals surface area contributed by atoms with Gasteiger partial charge in [-0.3, -0.25) is 14.8 Å². The second-order valence-corrected chi connectivity index (χ2v) is 11.3. The number of rotatable bonds is 2. The molecule has 1 saturated carbocycles. The molecule has 7 heteroatoms. The van der Waals surface area contributed by atoms with Crippen LogP contribution in [0, 0.1) is 23.7 Å². The fourth-order valence-electron chi connectivity index (χ4n) is 6.13. The summed E-state index contributed by atoms with van der Waals surface area (Å²) >= 11 is 0. The van der Waals surface area contributed by atoms with E-state index in [2.05, 4.69) is 54.2 Å². The summed E-state index contributed by atoms with van der Waals surface area (Å²) in [6.07, 6.45) is 13.1. The van der Waals surface area contributed by atoms with Crippen molar-refractivity contribution in [3.05, 3.63) is 47.2 Å². The van der Waals surface area contributed by atoms with E-state index in [1.54, 1.807) is 7.11 Å². The van der Waals surface area contributed by atoms with E-state index in [9.17, 15) is 4.79 Å². The summed E-state index contributed by atoms with van der Waals surface area (Å²) in [5, 5.41) is 10.4. The number of aliphatic imine (C=N–C) groups is 2. The lowest BCUT2D eigenvalue weighted by atomic mass is 9.89. The Labute approximate surface area is 227 Å². The quantitative estimate of drug-likeness (QED) is 0.500. The average molecular weight is 518 g/mol. The Kier molecular flexibility index (Phi) is 8.62. The van der Waals surface area contributed by atoms with Crippen molar-refractivity contribution in [2.45, 2.75) is 71.5 Å². The SMILES string of the molecule is CC[C@H]1CCCNCc2cc(ccc2OC)NC2N=CC=C(CC2C)C2=CN=C(CCCNC1=O)C1CC21. The third-order valence-electron chi connectivity index (χ3n) is 8.55. The van der Waals surface area contributed by atoms with E-state index in [1.165, 1.54) is 23.3 Å². The second kappa shape index (κ2) is 12.3. The lowest BCUT2D eigenvalue weighted by Crippen LogP contribution is -2.32. The summed E-state index contributed by atoms with van der Waals surface area (Å²) in [6, 6.07) is 6.27. The summed E-state index contributed by atoms with van der Waals surface area (Å²) in [4.78, 5) is 22.6. The molecule has 1 aromatic carbocycles. The molecule has 1 aliphatic carbocycles. The van der Waals surface area contributed by atoms with Crippen molar-refractivity contribution in [2.24, 2.45) is 33.7 Å². The number of fused-ring (bicyclic) bond motifs is 10. The number of carbonyl (C=O) groups is 1. The van der Waals surface area contributed by atoms with Gasteiger partial charge in [0.2, 0.25) is 5.91 Å². The Balaban J connectivity index is 1.35. The molecule has 38 heavy (non-hydrogen) atoms. The first-order valence-electron chi connectivity index (χ1n) is 14.5. The molecule has 3 N–H and O–H groups in total. The first-order chi connectivity index (χ1) is 18.6. The van der Waals surface area contributed by atoms with Gasteiger partial charge in [0.05, 0.1) is 7.11 Å². The van der Waals surface area contributed by atoms with Gasteiger partial charge in [-0.1, -0.05) is 13.8 Å². The standard InChI is InChI=1S/C31H43N5O2/c1-4-21-7-5-12-32-18-23-16-24(9-10-29(23)38-3)36-30-20(2)15-22(11-14-33-30)27-19-35-28(26-17-25(26)27)8-6-13-34-31(21)37/h9-11,14,16,19-21,25-26,30,32,36H,4-8,12-13,15,17-18H2,1-3H3,(H,34,37)/t20?,21-,25?,26?,30?/m0/s1. The number of ether oxygens (including phenoxy) is 1. The van der Waals surface area contributed by atoms with Gasteiger partial charge in [0.15, 0.2) is 0 Å². The number of allylic oxidation sites excluding steroid dienone is 3. The van der Waals surface area contributed by atoms with E-state index in [0.717, 1.165) is 75.2 Å². The lowest BCUT2D eigenvalue weighted by molar-refractivity contribution is -0.125. The minimum absolute atomic E-state index is 0.00818. The van der Waals surface area contributed by atoms with Gasteiger partial charge in [-0.05, 0) is 92.8 Å². The molecule has 4 aliphatic rings. The van der Waals surface area contributed by atoms with Crippen LogP contribution in [0.15, 0.2) is 51.6 Å². The molecule has 204 valence electrons. The molecule has 0 spiro atoms. The van der Waals surface area contributed by atoms with E-state index in [0.29, 0.717) is 17.8 Å². The number of amides is 1. The molecule has 0 saturated heterocycles. The molecule has 5 rings (SSSR count). The Hall–Kier alpha value is -2.93. The Bertz CT molecular complexity index is 1140. The molecule has 1 fully saturated rings. The zero-order valence-corrected chi connectivity index (χ0v) is 23.1. The smallest absolute Gasteiger partial charge is 0.223 e. The number of methoxy groups -OCH3 is 1. The number of anilines is 1. The molecule has 0 radical (unpaired) electrons. The minimum Gasteiger partial charge on any atom is -0.496 e. The van der Waals surface area contributed by atoms with Gasteiger partial charge in [0, 0.05) is 60.2 Å². The van der Waals surface area contributed by atoms with Crippen LogP contribution in [0.1, 0.15) is 64.4 Å². The van der Waals surface area contributed by atoms with Crippen LogP contribution in [-0.4, -0.2) is 44.2 Å². The summed E-state index contributed by atoms with van der Waals surface area (Å²) < 4.78 is 5.64. The third kappa shape index (κ3) is 6.20. The lowest BCUT2D eigenvalue weighted by Gasteiger charge is -2.24. The maximum absolute atomic E-state index is 12.8. The highest BCUT2D eigenvalue weighted by Crippen LogP contribution is 2.51. The van der Waals surface area contributed by atoms with Crippen molar-refractivity contribution in [1.29, 1.82) is 0 Å². The van der Waals surface area contributed by atoms with Crippen LogP contribution < -0.4 is 20.7 Å². The van der Waals surface area contributed by atoms with Gasteiger partial charge < -0.3 is 20.7 Å². The Morgan fingerprint density at radius 2 is 2.05 bits per heavy atom. The molecule has 3 aliphatic heterocycles. The Morgan fingerprint density at radius 3 is 2.89 bits per heavy atom. The molecular weight excluding hydrogens is 474 g/mol. The van der Waals surface area contributed by atoms with Crippen LogP contribution in [0.25, 0.3) is 0 Å². The first kappa shape index (κ1) is 26.7. The number of hydrogen-bond donors (Lipinski definition) is 3. The van der Waals surface area contributed by atoms with E-state index >= 15 is 0 Å². The maximum Gasteiger partial charge on any atom is 0.223 e. The van der Waals surface area contributed by atoms with E-state index < -0.39 is 0 Å². The van der Waals surface area contributed by atoms with Crippen LogP contribution in [0.5, 0.6) is 5.75 Å². The molecule has 6 bridgehead atoms. The zero-order valence-electron chi connectivity index (χ0n) is 23.1. The van der Waals surface area contributed by atoms with Crippen molar-refractivity contribution in [3.63, 3.8) is 0 Å². The molecule has 1 aromatic rings. The van der Waals surface area contributed by atoms with Crippen LogP contribution in [0.4, 0.5) is 5.69 Å². The van der Waals surface area contributed by atoms with E-state index in [4.69, 9.17) is 14.7 Å². The summed E-state index contributed by atoms with van der Waals surface area (Å²) in [6.45, 7) is 6.69. The Morgan fingerprint density at radius 1 is 1.16 bits per heavy atom. The fourth-order valence-corrected chi connectivity index (χ4v) is 6.13. The van der Waals surface area contributed by atoms with Crippen molar-refractivity contribution in [1.82, 2.24) is 10.6 Å². The minimum atomic E-state index is 0.00818. The third-order valence-corrected chi connectivity index (χ3v) is 8.55. The number of carbonyl (C=O) groups excluding carboxylic acids is 1. The van der Waals surface area contributed by atoms with Gasteiger partial charge in [0.1, 0.15) is 11.9 Å². The van der Waals surface area contributed by atoms with Crippen molar-refractivity contribution >= 4 is 23.5 Å². The van der Waals surface area contributed by atoms with Gasteiger partial charge in [-0.2, -0.15) is 0 Å². The van der Waals surface area contributed by atoms with Gasteiger partial charge in [-0.15, -0.1) is 0 Å². The molecular formula is C31H43N5O2. The predicted octanol–water partition coefficient (Wildman–Crippen LogP) is 5.25. The summed E-state index contributed by atoms with van der Waals surface area (Å²) in [7, 11) is 1.72. The molecule has 1 amide bonds. The van der Waals surface area contributed by atoms with E-state index in [1.807, 2.05) is 12.3 Å². The highest BCUT2D eigenvalue weighted by Gasteiger charge is 2.45. The van der Waals surface area contributed by atoms with Gasteiger partial charge >= 0.3 is 0 Å². The van der Waals surface area contributed by atoms with Crippen molar-refractivity contribution < 1.29 is 9.53 Å². The van der Waals surface area contributed by atoms with Gasteiger partial charge in [0.25, 0.3) is 0 Å². The number of benzene rings is 1. The molecule has 5 atom stereocenters. The predicted molar refractivity (Wildman–Crippen MR) is 155 cm³/mol. The number of hydrogen-bond acceptors (Lipinski definition) is 6. The molecule has 3 heterocycles.